The maximum Gasteiger partial charge on any atom is 0.243 e. The van der Waals surface area contributed by atoms with E-state index in [1.54, 1.807) is 6.20 Å². The van der Waals surface area contributed by atoms with Crippen LogP contribution in [0.1, 0.15) is 19.7 Å². The maximum atomic E-state index is 5.42. The smallest absolute Gasteiger partial charge is 0.243 e. The van der Waals surface area contributed by atoms with Crippen molar-refractivity contribution in [2.75, 3.05) is 28.7 Å². The molecule has 0 saturated carbocycles. The van der Waals surface area contributed by atoms with Crippen LogP contribution in [0.15, 0.2) is 12.4 Å². The number of hydrazine groups is 1. The second kappa shape index (κ2) is 6.84. The first-order valence-corrected chi connectivity index (χ1v) is 6.85. The summed E-state index contributed by atoms with van der Waals surface area (Å²) in [4.78, 5) is 19.1. The minimum Gasteiger partial charge on any atom is -0.347 e. The van der Waals surface area contributed by atoms with Crippen molar-refractivity contribution in [1.82, 2.24) is 24.5 Å². The lowest BCUT2D eigenvalue weighted by molar-refractivity contribution is 0.794. The van der Waals surface area contributed by atoms with Gasteiger partial charge in [-0.15, -0.1) is 0 Å². The van der Waals surface area contributed by atoms with E-state index in [1.165, 1.54) is 0 Å². The van der Waals surface area contributed by atoms with Gasteiger partial charge in [0.15, 0.2) is 0 Å². The van der Waals surface area contributed by atoms with Gasteiger partial charge < -0.3 is 14.8 Å². The van der Waals surface area contributed by atoms with Crippen LogP contribution >= 0.6 is 0 Å². The predicted octanol–water partition coefficient (Wildman–Crippen LogP) is 0.349. The molecule has 2 aromatic rings. The van der Waals surface area contributed by atoms with E-state index in [2.05, 4.69) is 30.7 Å². The number of hydrogen-bond donors (Lipinski definition) is 3. The Morgan fingerprint density at radius 3 is 2.48 bits per heavy atom. The van der Waals surface area contributed by atoms with E-state index >= 15 is 0 Å². The van der Waals surface area contributed by atoms with E-state index < -0.39 is 0 Å². The molecule has 4 N–H and O–H groups in total. The van der Waals surface area contributed by atoms with Crippen molar-refractivity contribution in [1.29, 1.82) is 0 Å². The van der Waals surface area contributed by atoms with Crippen LogP contribution < -0.4 is 21.5 Å². The highest BCUT2D eigenvalue weighted by molar-refractivity contribution is 5.43. The van der Waals surface area contributed by atoms with E-state index in [0.29, 0.717) is 24.4 Å². The highest BCUT2D eigenvalue weighted by atomic mass is 15.4. The van der Waals surface area contributed by atoms with Crippen molar-refractivity contribution in [2.45, 2.75) is 20.4 Å². The molecule has 2 heterocycles. The summed E-state index contributed by atoms with van der Waals surface area (Å²) in [5.41, 5.74) is 2.47. The third kappa shape index (κ3) is 3.57. The molecule has 0 unspecified atom stereocenters. The number of nitrogens with one attached hydrogen (secondary N) is 2. The van der Waals surface area contributed by atoms with Gasteiger partial charge in [0.2, 0.25) is 17.8 Å². The van der Waals surface area contributed by atoms with Gasteiger partial charge in [0, 0.05) is 32.5 Å². The van der Waals surface area contributed by atoms with Crippen molar-refractivity contribution in [3.8, 4) is 0 Å². The van der Waals surface area contributed by atoms with E-state index in [0.717, 1.165) is 18.9 Å². The third-order valence-electron chi connectivity index (χ3n) is 3.12. The zero-order chi connectivity index (χ0) is 15.2. The minimum atomic E-state index is 0.328. The first-order valence-electron chi connectivity index (χ1n) is 6.85. The molecule has 0 aliphatic heterocycles. The molecule has 0 aliphatic carbocycles. The number of rotatable bonds is 7. The molecule has 2 aromatic heterocycles. The van der Waals surface area contributed by atoms with Crippen LogP contribution in [0.3, 0.4) is 0 Å². The molecule has 2 rings (SSSR count). The number of imidazole rings is 1. The molecule has 0 bridgehead atoms. The topological polar surface area (TPSA) is 110 Å². The van der Waals surface area contributed by atoms with Crippen LogP contribution in [0.4, 0.5) is 17.8 Å². The second-order valence-electron chi connectivity index (χ2n) is 4.41. The molecular weight excluding hydrogens is 270 g/mol. The van der Waals surface area contributed by atoms with Crippen LogP contribution in [0.5, 0.6) is 0 Å². The average molecular weight is 291 g/mol. The highest BCUT2D eigenvalue weighted by Gasteiger charge is 2.11. The van der Waals surface area contributed by atoms with Gasteiger partial charge in [-0.2, -0.15) is 15.0 Å². The van der Waals surface area contributed by atoms with Gasteiger partial charge in [-0.3, -0.25) is 5.43 Å². The molecule has 0 radical (unpaired) electrons. The van der Waals surface area contributed by atoms with Gasteiger partial charge in [-0.1, -0.05) is 0 Å². The van der Waals surface area contributed by atoms with E-state index in [4.69, 9.17) is 5.84 Å². The summed E-state index contributed by atoms with van der Waals surface area (Å²) in [7, 11) is 1.94. The van der Waals surface area contributed by atoms with Crippen LogP contribution in [-0.2, 0) is 13.6 Å². The van der Waals surface area contributed by atoms with Crippen LogP contribution in [0.2, 0.25) is 0 Å². The molecule has 0 atom stereocenters. The molecule has 9 nitrogen and oxygen atoms in total. The molecule has 21 heavy (non-hydrogen) atoms. The third-order valence-corrected chi connectivity index (χ3v) is 3.12. The lowest BCUT2D eigenvalue weighted by atomic mass is 10.5. The summed E-state index contributed by atoms with van der Waals surface area (Å²) in [5.74, 6) is 7.69. The molecule has 0 aromatic carbocycles. The summed E-state index contributed by atoms with van der Waals surface area (Å²) in [6.07, 6.45) is 3.64. The number of nitrogen functional groups attached to an aromatic ring is 1. The predicted molar refractivity (Wildman–Crippen MR) is 81.7 cm³/mol. The lowest BCUT2D eigenvalue weighted by Gasteiger charge is -2.19. The lowest BCUT2D eigenvalue weighted by Crippen LogP contribution is -2.26. The summed E-state index contributed by atoms with van der Waals surface area (Å²) in [6.45, 7) is 6.23. The van der Waals surface area contributed by atoms with E-state index in [-0.39, 0.29) is 0 Å². The van der Waals surface area contributed by atoms with E-state index in [1.807, 2.05) is 36.6 Å². The minimum absolute atomic E-state index is 0.328. The van der Waals surface area contributed by atoms with Crippen LogP contribution in [0, 0.1) is 0 Å². The second-order valence-corrected chi connectivity index (χ2v) is 4.41. The fourth-order valence-corrected chi connectivity index (χ4v) is 1.88. The maximum absolute atomic E-state index is 5.42. The fourth-order valence-electron chi connectivity index (χ4n) is 1.88. The number of aryl methyl sites for hydroxylation is 1. The summed E-state index contributed by atoms with van der Waals surface area (Å²) in [6, 6.07) is 0. The van der Waals surface area contributed by atoms with Crippen molar-refractivity contribution < 1.29 is 0 Å². The Bertz CT molecular complexity index is 576. The quantitative estimate of drug-likeness (QED) is 0.495. The number of nitrogens with two attached hydrogens (primary N) is 1. The molecule has 0 spiro atoms. The van der Waals surface area contributed by atoms with Crippen LogP contribution in [-0.4, -0.2) is 37.6 Å². The fraction of sp³-hybridized carbons (Fsp3) is 0.500. The Balaban J connectivity index is 2.18. The van der Waals surface area contributed by atoms with Gasteiger partial charge in [-0.25, -0.2) is 10.8 Å². The monoisotopic (exact) mass is 291 g/mol. The Hall–Kier alpha value is -2.42. The summed E-state index contributed by atoms with van der Waals surface area (Å²) in [5, 5.41) is 3.14. The van der Waals surface area contributed by atoms with Gasteiger partial charge >= 0.3 is 0 Å². The standard InChI is InChI=1S/C12H21N9/c1-4-21(5-2)12-17-10(16-11(18-12)19-13)15-8-9-14-6-7-20(9)3/h6-7H,4-5,8,13H2,1-3H3,(H2,15,16,17,18,19). The normalized spacial score (nSPS) is 10.5. The van der Waals surface area contributed by atoms with Crippen molar-refractivity contribution in [2.24, 2.45) is 12.9 Å². The average Bonchev–Trinajstić information content (AvgIpc) is 2.91. The van der Waals surface area contributed by atoms with Crippen molar-refractivity contribution in [3.05, 3.63) is 18.2 Å². The van der Waals surface area contributed by atoms with Gasteiger partial charge in [0.1, 0.15) is 5.82 Å². The molecule has 0 fully saturated rings. The zero-order valence-electron chi connectivity index (χ0n) is 12.5. The molecule has 0 saturated heterocycles. The highest BCUT2D eigenvalue weighted by Crippen LogP contribution is 2.13. The summed E-state index contributed by atoms with van der Waals surface area (Å²) >= 11 is 0. The van der Waals surface area contributed by atoms with Gasteiger partial charge in [-0.05, 0) is 13.8 Å². The van der Waals surface area contributed by atoms with Gasteiger partial charge in [0.25, 0.3) is 0 Å². The zero-order valence-corrected chi connectivity index (χ0v) is 12.5. The van der Waals surface area contributed by atoms with E-state index in [9.17, 15) is 0 Å². The van der Waals surface area contributed by atoms with Gasteiger partial charge in [0.05, 0.1) is 6.54 Å². The molecule has 9 heteroatoms. The largest absolute Gasteiger partial charge is 0.347 e. The Labute approximate surface area is 123 Å². The van der Waals surface area contributed by atoms with Crippen molar-refractivity contribution >= 4 is 17.8 Å². The number of hydrogen-bond acceptors (Lipinski definition) is 8. The Morgan fingerprint density at radius 1 is 1.19 bits per heavy atom. The Morgan fingerprint density at radius 2 is 1.90 bits per heavy atom. The first kappa shape index (κ1) is 15.0. The van der Waals surface area contributed by atoms with Crippen molar-refractivity contribution in [3.63, 3.8) is 0 Å². The molecule has 114 valence electrons. The molecular formula is C12H21N9. The SMILES string of the molecule is CCN(CC)c1nc(NN)nc(NCc2nccn2C)n1. The number of nitrogens with zero attached hydrogens (tertiary/aromatic N) is 6. The summed E-state index contributed by atoms with van der Waals surface area (Å²) < 4.78 is 1.93. The molecule has 0 amide bonds. The van der Waals surface area contributed by atoms with Crippen LogP contribution in [0.25, 0.3) is 0 Å². The molecule has 0 aliphatic rings. The first-order chi connectivity index (χ1) is 10.2. The number of anilines is 3. The Kier molecular flexibility index (Phi) is 4.88. The number of aromatic nitrogens is 5.